The number of hydrogen-bond donors (Lipinski definition) is 2. The normalized spacial score (nSPS) is 17.3. The molecule has 0 aliphatic carbocycles. The molecule has 0 saturated carbocycles. The standard InChI is InChI=1S/C20H27N5O/c1-4-25-10-6-9-17(25)13-22-20(26)16-8-5-7-15(12-16)19-23-14(2)11-18(21-3)24-19/h5,7-8,11-12,17H,4,6,9-10,13H2,1-3H3,(H,22,26)(H,21,23,24). The van der Waals surface area contributed by atoms with Crippen LogP contribution < -0.4 is 10.6 Å². The number of hydrogen-bond acceptors (Lipinski definition) is 5. The zero-order valence-corrected chi connectivity index (χ0v) is 15.7. The average Bonchev–Trinajstić information content (AvgIpc) is 3.13. The number of likely N-dealkylation sites (tertiary alicyclic amines) is 1. The van der Waals surface area contributed by atoms with Crippen molar-refractivity contribution in [2.75, 3.05) is 32.0 Å². The van der Waals surface area contributed by atoms with E-state index < -0.39 is 0 Å². The summed E-state index contributed by atoms with van der Waals surface area (Å²) in [5.74, 6) is 1.34. The minimum Gasteiger partial charge on any atom is -0.373 e. The van der Waals surface area contributed by atoms with Gasteiger partial charge in [0, 0.05) is 42.5 Å². The molecule has 1 aliphatic heterocycles. The molecule has 2 N–H and O–H groups in total. The number of rotatable bonds is 6. The fraction of sp³-hybridized carbons (Fsp3) is 0.450. The molecule has 1 aromatic heterocycles. The molecule has 2 aromatic rings. The summed E-state index contributed by atoms with van der Waals surface area (Å²) in [6.45, 7) is 6.97. The highest BCUT2D eigenvalue weighted by atomic mass is 16.1. The number of likely N-dealkylation sites (N-methyl/N-ethyl adjacent to an activating group) is 1. The maximum Gasteiger partial charge on any atom is 0.251 e. The van der Waals surface area contributed by atoms with E-state index in [1.165, 1.54) is 6.42 Å². The third kappa shape index (κ3) is 4.19. The van der Waals surface area contributed by atoms with Gasteiger partial charge in [0.05, 0.1) is 0 Å². The third-order valence-corrected chi connectivity index (χ3v) is 4.90. The van der Waals surface area contributed by atoms with Crippen molar-refractivity contribution in [3.05, 3.63) is 41.6 Å². The van der Waals surface area contributed by atoms with E-state index in [9.17, 15) is 4.79 Å². The predicted molar refractivity (Wildman–Crippen MR) is 104 cm³/mol. The van der Waals surface area contributed by atoms with E-state index in [1.54, 1.807) is 0 Å². The largest absolute Gasteiger partial charge is 0.373 e. The van der Waals surface area contributed by atoms with Crippen LogP contribution in [0.5, 0.6) is 0 Å². The van der Waals surface area contributed by atoms with E-state index in [2.05, 4.69) is 32.4 Å². The number of aryl methyl sites for hydroxylation is 1. The van der Waals surface area contributed by atoms with Gasteiger partial charge in [0.25, 0.3) is 5.91 Å². The summed E-state index contributed by atoms with van der Waals surface area (Å²) in [5, 5.41) is 6.13. The second-order valence-electron chi connectivity index (χ2n) is 6.68. The van der Waals surface area contributed by atoms with E-state index >= 15 is 0 Å². The van der Waals surface area contributed by atoms with E-state index in [0.29, 0.717) is 24.0 Å². The highest BCUT2D eigenvalue weighted by molar-refractivity contribution is 5.95. The molecule has 6 nitrogen and oxygen atoms in total. The Bertz CT molecular complexity index is 777. The number of amides is 1. The van der Waals surface area contributed by atoms with Gasteiger partial charge in [-0.15, -0.1) is 0 Å². The molecule has 0 spiro atoms. The first-order valence-electron chi connectivity index (χ1n) is 9.27. The highest BCUT2D eigenvalue weighted by Gasteiger charge is 2.23. The van der Waals surface area contributed by atoms with Crippen molar-refractivity contribution in [3.8, 4) is 11.4 Å². The molecule has 2 heterocycles. The molecule has 1 unspecified atom stereocenters. The summed E-state index contributed by atoms with van der Waals surface area (Å²) >= 11 is 0. The molecule has 138 valence electrons. The lowest BCUT2D eigenvalue weighted by Crippen LogP contribution is -2.40. The Morgan fingerprint density at radius 3 is 2.92 bits per heavy atom. The SMILES string of the molecule is CCN1CCCC1CNC(=O)c1cccc(-c2nc(C)cc(NC)n2)c1. The van der Waals surface area contributed by atoms with Crippen LogP contribution in [0.2, 0.25) is 0 Å². The topological polar surface area (TPSA) is 70.2 Å². The van der Waals surface area contributed by atoms with E-state index in [4.69, 9.17) is 0 Å². The fourth-order valence-electron chi connectivity index (χ4n) is 3.48. The molecule has 1 fully saturated rings. The van der Waals surface area contributed by atoms with Crippen LogP contribution in [0.1, 0.15) is 35.8 Å². The smallest absolute Gasteiger partial charge is 0.251 e. The first kappa shape index (κ1) is 18.3. The van der Waals surface area contributed by atoms with Crippen molar-refractivity contribution in [1.82, 2.24) is 20.2 Å². The van der Waals surface area contributed by atoms with Crippen LogP contribution >= 0.6 is 0 Å². The van der Waals surface area contributed by atoms with Crippen molar-refractivity contribution in [3.63, 3.8) is 0 Å². The average molecular weight is 353 g/mol. The zero-order chi connectivity index (χ0) is 18.5. The monoisotopic (exact) mass is 353 g/mol. The third-order valence-electron chi connectivity index (χ3n) is 4.90. The van der Waals surface area contributed by atoms with Crippen LogP contribution in [0.4, 0.5) is 5.82 Å². The fourth-order valence-corrected chi connectivity index (χ4v) is 3.48. The first-order valence-corrected chi connectivity index (χ1v) is 9.27. The lowest BCUT2D eigenvalue weighted by Gasteiger charge is -2.22. The minimum absolute atomic E-state index is 0.0451. The Hall–Kier alpha value is -2.47. The van der Waals surface area contributed by atoms with Gasteiger partial charge in [-0.2, -0.15) is 0 Å². The van der Waals surface area contributed by atoms with E-state index in [-0.39, 0.29) is 5.91 Å². The summed E-state index contributed by atoms with van der Waals surface area (Å²) in [7, 11) is 1.83. The van der Waals surface area contributed by atoms with Crippen LogP contribution in [-0.2, 0) is 0 Å². The zero-order valence-electron chi connectivity index (χ0n) is 15.7. The molecule has 1 saturated heterocycles. The Labute approximate surface area is 155 Å². The van der Waals surface area contributed by atoms with Crippen LogP contribution in [0, 0.1) is 6.92 Å². The number of nitrogens with zero attached hydrogens (tertiary/aromatic N) is 3. The van der Waals surface area contributed by atoms with Gasteiger partial charge in [-0.1, -0.05) is 19.1 Å². The molecular weight excluding hydrogens is 326 g/mol. The Balaban J connectivity index is 1.72. The molecule has 1 atom stereocenters. The number of nitrogens with one attached hydrogen (secondary N) is 2. The van der Waals surface area contributed by atoms with Gasteiger partial charge in [0.1, 0.15) is 5.82 Å². The van der Waals surface area contributed by atoms with E-state index in [1.807, 2.05) is 44.3 Å². The van der Waals surface area contributed by atoms with Gasteiger partial charge in [-0.25, -0.2) is 9.97 Å². The van der Waals surface area contributed by atoms with Gasteiger partial charge in [-0.05, 0) is 45.0 Å². The van der Waals surface area contributed by atoms with Gasteiger partial charge in [0.15, 0.2) is 5.82 Å². The molecule has 0 radical (unpaired) electrons. The van der Waals surface area contributed by atoms with Crippen molar-refractivity contribution >= 4 is 11.7 Å². The lowest BCUT2D eigenvalue weighted by atomic mass is 10.1. The highest BCUT2D eigenvalue weighted by Crippen LogP contribution is 2.20. The number of benzene rings is 1. The maximum absolute atomic E-state index is 12.6. The molecule has 0 bridgehead atoms. The summed E-state index contributed by atoms with van der Waals surface area (Å²) in [5.41, 5.74) is 2.36. The van der Waals surface area contributed by atoms with Crippen molar-refractivity contribution in [2.45, 2.75) is 32.7 Å². The summed E-state index contributed by atoms with van der Waals surface area (Å²) in [6.07, 6.45) is 2.36. The maximum atomic E-state index is 12.6. The van der Waals surface area contributed by atoms with E-state index in [0.717, 1.165) is 36.6 Å². The van der Waals surface area contributed by atoms with Gasteiger partial charge >= 0.3 is 0 Å². The molecule has 1 aliphatic rings. The number of carbonyl (C=O) groups is 1. The number of aromatic nitrogens is 2. The molecule has 3 rings (SSSR count). The minimum atomic E-state index is -0.0451. The molecule has 26 heavy (non-hydrogen) atoms. The molecular formula is C20H27N5O. The predicted octanol–water partition coefficient (Wildman–Crippen LogP) is 2.71. The van der Waals surface area contributed by atoms with Gasteiger partial charge in [0.2, 0.25) is 0 Å². The van der Waals surface area contributed by atoms with Crippen LogP contribution in [-0.4, -0.2) is 53.5 Å². The Morgan fingerprint density at radius 1 is 1.31 bits per heavy atom. The van der Waals surface area contributed by atoms with Crippen molar-refractivity contribution < 1.29 is 4.79 Å². The van der Waals surface area contributed by atoms with Gasteiger partial charge < -0.3 is 10.6 Å². The second kappa shape index (κ2) is 8.27. The molecule has 6 heteroatoms. The van der Waals surface area contributed by atoms with Gasteiger partial charge in [-0.3, -0.25) is 9.69 Å². The first-order chi connectivity index (χ1) is 12.6. The molecule has 1 amide bonds. The van der Waals surface area contributed by atoms with Crippen LogP contribution in [0.15, 0.2) is 30.3 Å². The summed E-state index contributed by atoms with van der Waals surface area (Å²) in [6, 6.07) is 9.84. The Kier molecular flexibility index (Phi) is 5.83. The number of carbonyl (C=O) groups excluding carboxylic acids is 1. The van der Waals surface area contributed by atoms with Crippen molar-refractivity contribution in [1.29, 1.82) is 0 Å². The summed E-state index contributed by atoms with van der Waals surface area (Å²) < 4.78 is 0. The van der Waals surface area contributed by atoms with Crippen molar-refractivity contribution in [2.24, 2.45) is 0 Å². The Morgan fingerprint density at radius 2 is 2.15 bits per heavy atom. The van der Waals surface area contributed by atoms with Crippen LogP contribution in [0.25, 0.3) is 11.4 Å². The molecule has 1 aromatic carbocycles. The number of anilines is 1. The quantitative estimate of drug-likeness (QED) is 0.836. The lowest BCUT2D eigenvalue weighted by molar-refractivity contribution is 0.0941. The second-order valence-corrected chi connectivity index (χ2v) is 6.68. The summed E-state index contributed by atoms with van der Waals surface area (Å²) in [4.78, 5) is 24.0. The van der Waals surface area contributed by atoms with Crippen LogP contribution in [0.3, 0.4) is 0 Å².